The van der Waals surface area contributed by atoms with Crippen LogP contribution in [0.5, 0.6) is 0 Å². The van der Waals surface area contributed by atoms with E-state index in [-0.39, 0.29) is 12.6 Å². The molecular formula is C10H20N2O4S. The minimum Gasteiger partial charge on any atom is -0.465 e. The number of hydrogen-bond donors (Lipinski definition) is 2. The molecule has 0 aromatic rings. The lowest BCUT2D eigenvalue weighted by Crippen LogP contribution is -2.39. The third-order valence-electron chi connectivity index (χ3n) is 2.54. The van der Waals surface area contributed by atoms with Crippen molar-refractivity contribution < 1.29 is 17.9 Å². The van der Waals surface area contributed by atoms with Crippen LogP contribution in [-0.4, -0.2) is 45.9 Å². The van der Waals surface area contributed by atoms with E-state index in [0.29, 0.717) is 0 Å². The first kappa shape index (κ1) is 14.4. The van der Waals surface area contributed by atoms with E-state index in [4.69, 9.17) is 0 Å². The van der Waals surface area contributed by atoms with E-state index in [1.54, 1.807) is 6.92 Å². The second-order valence-corrected chi connectivity index (χ2v) is 5.81. The lowest BCUT2D eigenvalue weighted by atomic mass is 10.1. The fourth-order valence-electron chi connectivity index (χ4n) is 1.79. The van der Waals surface area contributed by atoms with Crippen LogP contribution in [0, 0.1) is 0 Å². The van der Waals surface area contributed by atoms with Gasteiger partial charge in [-0.3, -0.25) is 4.79 Å². The maximum absolute atomic E-state index is 11.7. The highest BCUT2D eigenvalue weighted by Gasteiger charge is 2.22. The zero-order valence-corrected chi connectivity index (χ0v) is 10.9. The Kier molecular flexibility index (Phi) is 5.87. The van der Waals surface area contributed by atoms with Gasteiger partial charge in [0.15, 0.2) is 5.75 Å². The lowest BCUT2D eigenvalue weighted by Gasteiger charge is -2.15. The van der Waals surface area contributed by atoms with Gasteiger partial charge in [0.25, 0.3) is 0 Å². The van der Waals surface area contributed by atoms with E-state index in [9.17, 15) is 13.2 Å². The summed E-state index contributed by atoms with van der Waals surface area (Å²) in [6.45, 7) is 3.55. The van der Waals surface area contributed by atoms with Crippen molar-refractivity contribution in [3.63, 3.8) is 0 Å². The molecule has 1 rings (SSSR count). The van der Waals surface area contributed by atoms with Crippen molar-refractivity contribution >= 4 is 16.0 Å². The summed E-state index contributed by atoms with van der Waals surface area (Å²) in [6, 6.07) is -0.0792. The Hall–Kier alpha value is -0.660. The van der Waals surface area contributed by atoms with Crippen molar-refractivity contribution in [2.75, 3.05) is 25.4 Å². The minimum absolute atomic E-state index is 0.0792. The first-order chi connectivity index (χ1) is 8.03. The molecule has 0 bridgehead atoms. The van der Waals surface area contributed by atoms with Crippen LogP contribution in [0.4, 0.5) is 0 Å². The number of rotatable bonds is 5. The monoisotopic (exact) mass is 264 g/mol. The number of sulfonamides is 1. The predicted octanol–water partition coefficient (Wildman–Crippen LogP) is -0.389. The van der Waals surface area contributed by atoms with Gasteiger partial charge in [-0.25, -0.2) is 13.1 Å². The second-order valence-electron chi connectivity index (χ2n) is 4.06. The Labute approximate surface area is 102 Å². The Morgan fingerprint density at radius 3 is 2.88 bits per heavy atom. The van der Waals surface area contributed by atoms with E-state index < -0.39 is 21.7 Å². The van der Waals surface area contributed by atoms with E-state index >= 15 is 0 Å². The van der Waals surface area contributed by atoms with Crippen molar-refractivity contribution in [2.24, 2.45) is 0 Å². The predicted molar refractivity (Wildman–Crippen MR) is 64.1 cm³/mol. The molecule has 0 amide bonds. The van der Waals surface area contributed by atoms with Crippen LogP contribution in [0.2, 0.25) is 0 Å². The van der Waals surface area contributed by atoms with Crippen LogP contribution in [0.3, 0.4) is 0 Å². The highest BCUT2D eigenvalue weighted by Crippen LogP contribution is 2.06. The first-order valence-electron chi connectivity index (χ1n) is 5.90. The number of nitrogens with one attached hydrogen (secondary N) is 2. The number of esters is 1. The second kappa shape index (κ2) is 6.93. The third kappa shape index (κ3) is 5.99. The van der Waals surface area contributed by atoms with Gasteiger partial charge in [-0.1, -0.05) is 0 Å². The molecule has 1 heterocycles. The average molecular weight is 264 g/mol. The molecule has 1 aliphatic heterocycles. The molecule has 0 aromatic carbocycles. The van der Waals surface area contributed by atoms with Crippen LogP contribution in [-0.2, 0) is 19.6 Å². The summed E-state index contributed by atoms with van der Waals surface area (Å²) in [6.07, 6.45) is 2.49. The van der Waals surface area contributed by atoms with E-state index in [1.807, 2.05) is 0 Å². The molecule has 7 heteroatoms. The fraction of sp³-hybridized carbons (Fsp3) is 0.900. The highest BCUT2D eigenvalue weighted by molar-refractivity contribution is 7.90. The average Bonchev–Trinajstić information content (AvgIpc) is 2.44. The highest BCUT2D eigenvalue weighted by atomic mass is 32.2. The molecule has 0 spiro atoms. The Morgan fingerprint density at radius 1 is 1.41 bits per heavy atom. The molecule has 2 N–H and O–H groups in total. The van der Waals surface area contributed by atoms with Crippen molar-refractivity contribution in [1.82, 2.24) is 10.0 Å². The summed E-state index contributed by atoms with van der Waals surface area (Å²) in [7, 11) is -3.57. The summed E-state index contributed by atoms with van der Waals surface area (Å²) in [5.41, 5.74) is 0. The van der Waals surface area contributed by atoms with Crippen molar-refractivity contribution in [1.29, 1.82) is 0 Å². The van der Waals surface area contributed by atoms with E-state index in [0.717, 1.165) is 32.4 Å². The Bertz CT molecular complexity index is 334. The van der Waals surface area contributed by atoms with Gasteiger partial charge in [0.1, 0.15) is 0 Å². The van der Waals surface area contributed by atoms with Gasteiger partial charge in [0.2, 0.25) is 10.0 Å². The van der Waals surface area contributed by atoms with Crippen LogP contribution in [0.1, 0.15) is 26.2 Å². The van der Waals surface area contributed by atoms with Crippen molar-refractivity contribution in [3.8, 4) is 0 Å². The summed E-state index contributed by atoms with van der Waals surface area (Å²) in [5, 5.41) is 3.20. The first-order valence-corrected chi connectivity index (χ1v) is 7.55. The van der Waals surface area contributed by atoms with Gasteiger partial charge < -0.3 is 10.1 Å². The zero-order valence-electron chi connectivity index (χ0n) is 10.1. The van der Waals surface area contributed by atoms with Crippen LogP contribution < -0.4 is 10.0 Å². The number of carbonyl (C=O) groups is 1. The molecule has 0 aromatic heterocycles. The Morgan fingerprint density at radius 2 is 2.18 bits per heavy atom. The maximum atomic E-state index is 11.7. The van der Waals surface area contributed by atoms with Gasteiger partial charge >= 0.3 is 5.97 Å². The molecule has 0 saturated carbocycles. The summed E-state index contributed by atoms with van der Waals surface area (Å²) < 4.78 is 30.5. The number of carbonyl (C=O) groups excluding carboxylic acids is 1. The van der Waals surface area contributed by atoms with Crippen LogP contribution in [0.25, 0.3) is 0 Å². The number of ether oxygens (including phenoxy) is 1. The third-order valence-corrected chi connectivity index (χ3v) is 3.84. The molecule has 0 radical (unpaired) electrons. The van der Waals surface area contributed by atoms with Crippen LogP contribution in [0.15, 0.2) is 0 Å². The van der Waals surface area contributed by atoms with Crippen molar-refractivity contribution in [2.45, 2.75) is 32.2 Å². The molecule has 100 valence electrons. The molecule has 1 saturated heterocycles. The largest absolute Gasteiger partial charge is 0.465 e. The minimum atomic E-state index is -3.57. The lowest BCUT2D eigenvalue weighted by molar-refractivity contribution is -0.139. The molecule has 0 aliphatic carbocycles. The Balaban J connectivity index is 2.44. The quantitative estimate of drug-likeness (QED) is 0.661. The molecule has 6 nitrogen and oxygen atoms in total. The summed E-state index contributed by atoms with van der Waals surface area (Å²) in [4.78, 5) is 11.1. The topological polar surface area (TPSA) is 84.5 Å². The van der Waals surface area contributed by atoms with Crippen LogP contribution >= 0.6 is 0 Å². The van der Waals surface area contributed by atoms with Gasteiger partial charge in [-0.05, 0) is 39.3 Å². The summed E-state index contributed by atoms with van der Waals surface area (Å²) >= 11 is 0. The zero-order chi connectivity index (χ0) is 12.7. The SMILES string of the molecule is CCOC(=O)CS(=O)(=O)NC1CCCNCC1. The standard InChI is InChI=1S/C10H20N2O4S/c1-2-16-10(13)8-17(14,15)12-9-4-3-6-11-7-5-9/h9,11-12H,2-8H2,1H3. The van der Waals surface area contributed by atoms with Gasteiger partial charge in [0.05, 0.1) is 6.61 Å². The molecule has 1 fully saturated rings. The number of hydrogen-bond acceptors (Lipinski definition) is 5. The van der Waals surface area contributed by atoms with Gasteiger partial charge in [-0.2, -0.15) is 0 Å². The van der Waals surface area contributed by atoms with Crippen molar-refractivity contribution in [3.05, 3.63) is 0 Å². The molecule has 17 heavy (non-hydrogen) atoms. The smallest absolute Gasteiger partial charge is 0.322 e. The molecular weight excluding hydrogens is 244 g/mol. The molecule has 1 unspecified atom stereocenters. The van der Waals surface area contributed by atoms with E-state index in [1.165, 1.54) is 0 Å². The summed E-state index contributed by atoms with van der Waals surface area (Å²) in [5.74, 6) is -1.29. The molecule has 1 atom stereocenters. The van der Waals surface area contributed by atoms with E-state index in [2.05, 4.69) is 14.8 Å². The van der Waals surface area contributed by atoms with Gasteiger partial charge in [-0.15, -0.1) is 0 Å². The fourth-order valence-corrected chi connectivity index (χ4v) is 3.01. The normalized spacial score (nSPS) is 21.8. The molecule has 1 aliphatic rings. The maximum Gasteiger partial charge on any atom is 0.322 e. The van der Waals surface area contributed by atoms with Gasteiger partial charge in [0, 0.05) is 6.04 Å².